The average Bonchev–Trinajstić information content (AvgIpc) is 2.38. The molecule has 1 aromatic rings. The monoisotopic (exact) mass is 311 g/mol. The molecule has 1 N–H and O–H groups in total. The maximum atomic E-state index is 5.98. The number of anilines is 1. The van der Waals surface area contributed by atoms with E-state index in [1.165, 1.54) is 25.7 Å². The molecule has 1 aliphatic rings. The Balaban J connectivity index is 1.68. The highest BCUT2D eigenvalue weighted by Gasteiger charge is 2.21. The van der Waals surface area contributed by atoms with Gasteiger partial charge in [0.25, 0.3) is 0 Å². The molecule has 0 saturated heterocycles. The normalized spacial score (nSPS) is 23.9. The Hall–Kier alpha value is -0.540. The average molecular weight is 312 g/mol. The van der Waals surface area contributed by atoms with Gasteiger partial charge < -0.3 is 10.1 Å². The van der Waals surface area contributed by atoms with E-state index in [4.69, 9.17) is 4.74 Å². The molecule has 0 aliphatic heterocycles. The van der Waals surface area contributed by atoms with Crippen molar-refractivity contribution in [1.29, 1.82) is 0 Å². The Labute approximate surface area is 118 Å². The van der Waals surface area contributed by atoms with Gasteiger partial charge in [0.15, 0.2) is 0 Å². The predicted molar refractivity (Wildman–Crippen MR) is 80.0 cm³/mol. The van der Waals surface area contributed by atoms with Gasteiger partial charge in [-0.2, -0.15) is 0 Å². The quantitative estimate of drug-likeness (QED) is 0.811. The number of hydrogen-bond donors (Lipinski definition) is 1. The predicted octanol–water partition coefficient (Wildman–Crippen LogP) is 4.46. The van der Waals surface area contributed by atoms with Gasteiger partial charge >= 0.3 is 0 Å². The summed E-state index contributed by atoms with van der Waals surface area (Å²) in [6.45, 7) is 3.97. The number of halogens is 1. The molecule has 2 rings (SSSR count). The van der Waals surface area contributed by atoms with E-state index in [2.05, 4.69) is 34.2 Å². The summed E-state index contributed by atoms with van der Waals surface area (Å²) in [6, 6.07) is 8.19. The number of hydrogen-bond acceptors (Lipinski definition) is 2. The largest absolute Gasteiger partial charge is 0.382 e. The summed E-state index contributed by atoms with van der Waals surface area (Å²) >= 11 is 3.53. The van der Waals surface area contributed by atoms with Gasteiger partial charge in [-0.3, -0.25) is 0 Å². The van der Waals surface area contributed by atoms with Crippen LogP contribution in [0, 0.1) is 5.92 Å². The molecule has 0 bridgehead atoms. The van der Waals surface area contributed by atoms with Crippen molar-refractivity contribution in [3.05, 3.63) is 28.7 Å². The van der Waals surface area contributed by atoms with E-state index in [0.717, 1.165) is 29.2 Å². The zero-order valence-corrected chi connectivity index (χ0v) is 12.6. The summed E-state index contributed by atoms with van der Waals surface area (Å²) in [4.78, 5) is 0. The maximum Gasteiger partial charge on any atom is 0.0642 e. The van der Waals surface area contributed by atoms with Crippen LogP contribution in [0.2, 0.25) is 0 Å². The Morgan fingerprint density at radius 2 is 2.06 bits per heavy atom. The third kappa shape index (κ3) is 3.99. The molecule has 1 saturated carbocycles. The van der Waals surface area contributed by atoms with E-state index >= 15 is 0 Å². The lowest BCUT2D eigenvalue weighted by molar-refractivity contribution is 0.000390. The van der Waals surface area contributed by atoms with E-state index in [9.17, 15) is 0 Å². The lowest BCUT2D eigenvalue weighted by Gasteiger charge is -2.28. The molecular formula is C15H22BrNO. The van der Waals surface area contributed by atoms with Crippen molar-refractivity contribution in [2.75, 3.05) is 18.5 Å². The minimum Gasteiger partial charge on any atom is -0.382 e. The number of rotatable bonds is 5. The van der Waals surface area contributed by atoms with E-state index < -0.39 is 0 Å². The van der Waals surface area contributed by atoms with Crippen LogP contribution in [0.3, 0.4) is 0 Å². The molecule has 1 aromatic carbocycles. The van der Waals surface area contributed by atoms with Gasteiger partial charge in [0.1, 0.15) is 0 Å². The van der Waals surface area contributed by atoms with Crippen LogP contribution in [-0.2, 0) is 4.74 Å². The van der Waals surface area contributed by atoms with Crippen molar-refractivity contribution < 1.29 is 4.74 Å². The molecule has 2 nitrogen and oxygen atoms in total. The van der Waals surface area contributed by atoms with E-state index in [-0.39, 0.29) is 0 Å². The second-order valence-electron chi connectivity index (χ2n) is 5.08. The highest BCUT2D eigenvalue weighted by atomic mass is 79.9. The van der Waals surface area contributed by atoms with Gasteiger partial charge in [-0.05, 0) is 46.8 Å². The third-order valence-corrected chi connectivity index (χ3v) is 4.35. The van der Waals surface area contributed by atoms with Crippen molar-refractivity contribution in [1.82, 2.24) is 0 Å². The zero-order chi connectivity index (χ0) is 12.8. The Morgan fingerprint density at radius 3 is 2.83 bits per heavy atom. The minimum atomic E-state index is 0.472. The Morgan fingerprint density at radius 1 is 1.28 bits per heavy atom. The van der Waals surface area contributed by atoms with Crippen LogP contribution in [0.1, 0.15) is 32.6 Å². The first-order valence-corrected chi connectivity index (χ1v) is 7.66. The molecule has 0 amide bonds. The van der Waals surface area contributed by atoms with Crippen molar-refractivity contribution in [3.63, 3.8) is 0 Å². The van der Waals surface area contributed by atoms with Crippen molar-refractivity contribution in [2.24, 2.45) is 5.92 Å². The fourth-order valence-electron chi connectivity index (χ4n) is 2.53. The summed E-state index contributed by atoms with van der Waals surface area (Å²) in [5, 5.41) is 3.40. The molecule has 2 unspecified atom stereocenters. The van der Waals surface area contributed by atoms with E-state index in [1.54, 1.807) is 0 Å². The van der Waals surface area contributed by atoms with Crippen LogP contribution in [0.5, 0.6) is 0 Å². The first-order valence-electron chi connectivity index (χ1n) is 6.87. The van der Waals surface area contributed by atoms with Gasteiger partial charge in [-0.25, -0.2) is 0 Å². The van der Waals surface area contributed by atoms with Crippen molar-refractivity contribution >= 4 is 21.6 Å². The summed E-state index contributed by atoms with van der Waals surface area (Å²) < 4.78 is 7.09. The SMILES string of the molecule is CC1CCCCC1OCCNc1ccccc1Br. The molecule has 18 heavy (non-hydrogen) atoms. The van der Waals surface area contributed by atoms with Crippen molar-refractivity contribution in [3.8, 4) is 0 Å². The van der Waals surface area contributed by atoms with Gasteiger partial charge in [0, 0.05) is 16.7 Å². The van der Waals surface area contributed by atoms with Gasteiger partial charge in [0.05, 0.1) is 12.7 Å². The standard InChI is InChI=1S/C15H22BrNO/c1-12-6-2-5-9-15(12)18-11-10-17-14-8-4-3-7-13(14)16/h3-4,7-8,12,15,17H,2,5-6,9-11H2,1H3. The second-order valence-corrected chi connectivity index (χ2v) is 5.93. The molecule has 2 atom stereocenters. The van der Waals surface area contributed by atoms with E-state index in [1.807, 2.05) is 18.2 Å². The molecule has 0 radical (unpaired) electrons. The number of benzene rings is 1. The fourth-order valence-corrected chi connectivity index (χ4v) is 2.96. The van der Waals surface area contributed by atoms with Crippen molar-refractivity contribution in [2.45, 2.75) is 38.7 Å². The maximum absolute atomic E-state index is 5.98. The number of nitrogens with one attached hydrogen (secondary N) is 1. The fraction of sp³-hybridized carbons (Fsp3) is 0.600. The first kappa shape index (κ1) is 13.9. The van der Waals surface area contributed by atoms with Crippen LogP contribution in [0.25, 0.3) is 0 Å². The summed E-state index contributed by atoms with van der Waals surface area (Å²) in [6.07, 6.45) is 5.72. The summed E-state index contributed by atoms with van der Waals surface area (Å²) in [7, 11) is 0. The van der Waals surface area contributed by atoms with Gasteiger partial charge in [0.2, 0.25) is 0 Å². The second kappa shape index (κ2) is 7.15. The molecule has 0 heterocycles. The molecular weight excluding hydrogens is 290 g/mol. The third-order valence-electron chi connectivity index (χ3n) is 3.66. The zero-order valence-electron chi connectivity index (χ0n) is 11.0. The lowest BCUT2D eigenvalue weighted by Crippen LogP contribution is -2.27. The molecule has 3 heteroatoms. The van der Waals surface area contributed by atoms with E-state index in [0.29, 0.717) is 6.10 Å². The highest BCUT2D eigenvalue weighted by Crippen LogP contribution is 2.26. The number of para-hydroxylation sites is 1. The lowest BCUT2D eigenvalue weighted by atomic mass is 9.88. The summed E-state index contributed by atoms with van der Waals surface area (Å²) in [5.41, 5.74) is 1.14. The van der Waals surface area contributed by atoms with Crippen LogP contribution in [0.4, 0.5) is 5.69 Å². The first-order chi connectivity index (χ1) is 8.77. The van der Waals surface area contributed by atoms with Crippen LogP contribution < -0.4 is 5.32 Å². The minimum absolute atomic E-state index is 0.472. The van der Waals surface area contributed by atoms with Gasteiger partial charge in [-0.1, -0.05) is 31.9 Å². The smallest absolute Gasteiger partial charge is 0.0642 e. The highest BCUT2D eigenvalue weighted by molar-refractivity contribution is 9.10. The molecule has 100 valence electrons. The van der Waals surface area contributed by atoms with Crippen LogP contribution in [-0.4, -0.2) is 19.3 Å². The van der Waals surface area contributed by atoms with Gasteiger partial charge in [-0.15, -0.1) is 0 Å². The molecule has 0 aromatic heterocycles. The summed E-state index contributed by atoms with van der Waals surface area (Å²) in [5.74, 6) is 0.724. The number of ether oxygens (including phenoxy) is 1. The molecule has 1 fully saturated rings. The van der Waals surface area contributed by atoms with Crippen LogP contribution >= 0.6 is 15.9 Å². The Bertz CT molecular complexity index is 369. The van der Waals surface area contributed by atoms with Crippen LogP contribution in [0.15, 0.2) is 28.7 Å². The molecule has 0 spiro atoms. The topological polar surface area (TPSA) is 21.3 Å². The molecule has 1 aliphatic carbocycles. The Kier molecular flexibility index (Phi) is 5.51.